The molecule has 2 rings (SSSR count). The van der Waals surface area contributed by atoms with E-state index < -0.39 is 0 Å². The zero-order valence-electron chi connectivity index (χ0n) is 4.26. The van der Waals surface area contributed by atoms with Crippen molar-refractivity contribution in [3.63, 3.8) is 0 Å². The summed E-state index contributed by atoms with van der Waals surface area (Å²) >= 11 is 0. The fourth-order valence-corrected chi connectivity index (χ4v) is 1.17. The van der Waals surface area contributed by atoms with Gasteiger partial charge in [0.2, 0.25) is 0 Å². The van der Waals surface area contributed by atoms with E-state index in [4.69, 9.17) is 4.74 Å². The van der Waals surface area contributed by atoms with Gasteiger partial charge in [-0.2, -0.15) is 0 Å². The van der Waals surface area contributed by atoms with Gasteiger partial charge in [-0.15, -0.1) is 0 Å². The van der Waals surface area contributed by atoms with E-state index in [1.165, 1.54) is 19.5 Å². The van der Waals surface area contributed by atoms with Crippen molar-refractivity contribution in [3.05, 3.63) is 0 Å². The van der Waals surface area contributed by atoms with Gasteiger partial charge >= 0.3 is 0 Å². The largest absolute Gasteiger partial charge is 0.362 e. The molecule has 0 amide bonds. The minimum absolute atomic E-state index is 0.528. The van der Waals surface area contributed by atoms with Gasteiger partial charge in [-0.3, -0.25) is 4.90 Å². The molecule has 40 valence electrons. The minimum atomic E-state index is 0.528. The lowest BCUT2D eigenvalue weighted by Gasteiger charge is -2.32. The molecule has 0 aromatic heterocycles. The molecule has 0 aliphatic carbocycles. The fourth-order valence-electron chi connectivity index (χ4n) is 1.17. The zero-order valence-corrected chi connectivity index (χ0v) is 4.26. The summed E-state index contributed by atoms with van der Waals surface area (Å²) in [6.07, 6.45) is 1.79. The molecule has 2 aliphatic heterocycles. The maximum Gasteiger partial charge on any atom is 0.111 e. The maximum atomic E-state index is 5.28. The van der Waals surface area contributed by atoms with Gasteiger partial charge in [-0.1, -0.05) is 0 Å². The molecular weight excluding hydrogens is 90.1 g/mol. The molecule has 2 nitrogen and oxygen atoms in total. The quantitative estimate of drug-likeness (QED) is 0.425. The number of hydrogen-bond acceptors (Lipinski definition) is 2. The van der Waals surface area contributed by atoms with Crippen LogP contribution < -0.4 is 0 Å². The van der Waals surface area contributed by atoms with Crippen LogP contribution in [0, 0.1) is 0 Å². The normalized spacial score (nSPS) is 40.3. The van der Waals surface area contributed by atoms with Crippen LogP contribution >= 0.6 is 0 Å². The summed E-state index contributed by atoms with van der Waals surface area (Å²) in [5.41, 5.74) is 0. The van der Waals surface area contributed by atoms with Crippen molar-refractivity contribution in [2.75, 3.05) is 19.7 Å². The lowest BCUT2D eigenvalue weighted by atomic mass is 10.2. The Labute approximate surface area is 43.1 Å². The van der Waals surface area contributed by atoms with Crippen LogP contribution in [0.4, 0.5) is 0 Å². The maximum absolute atomic E-state index is 5.28. The van der Waals surface area contributed by atoms with Gasteiger partial charge in [0.15, 0.2) is 0 Å². The smallest absolute Gasteiger partial charge is 0.111 e. The molecule has 0 radical (unpaired) electrons. The molecule has 2 heterocycles. The Kier molecular flexibility index (Phi) is 0.664. The van der Waals surface area contributed by atoms with Crippen molar-refractivity contribution in [1.82, 2.24) is 4.90 Å². The van der Waals surface area contributed by atoms with Crippen molar-refractivity contribution < 1.29 is 4.74 Å². The van der Waals surface area contributed by atoms with Gasteiger partial charge in [0, 0.05) is 13.1 Å². The third-order valence-electron chi connectivity index (χ3n) is 1.76. The van der Waals surface area contributed by atoms with Crippen LogP contribution in [0.15, 0.2) is 0 Å². The van der Waals surface area contributed by atoms with Crippen molar-refractivity contribution in [2.45, 2.75) is 12.6 Å². The highest BCUT2D eigenvalue weighted by Crippen LogP contribution is 2.22. The Morgan fingerprint density at radius 3 is 2.71 bits per heavy atom. The summed E-state index contributed by atoms with van der Waals surface area (Å²) in [6, 6.07) is 0. The summed E-state index contributed by atoms with van der Waals surface area (Å²) in [5, 5.41) is 0. The van der Waals surface area contributed by atoms with Crippen LogP contribution in [0.3, 0.4) is 0 Å². The Bertz CT molecular complexity index is 74.1. The van der Waals surface area contributed by atoms with E-state index in [1.54, 1.807) is 0 Å². The first-order valence-electron chi connectivity index (χ1n) is 2.82. The van der Waals surface area contributed by atoms with Crippen LogP contribution in [-0.4, -0.2) is 30.8 Å². The SMILES string of the molecule is C1CN2CCC2O1. The minimum Gasteiger partial charge on any atom is -0.362 e. The van der Waals surface area contributed by atoms with E-state index in [0.29, 0.717) is 6.23 Å². The van der Waals surface area contributed by atoms with Crippen LogP contribution in [0.25, 0.3) is 0 Å². The summed E-state index contributed by atoms with van der Waals surface area (Å²) in [5.74, 6) is 0. The number of nitrogens with zero attached hydrogens (tertiary/aromatic N) is 1. The van der Waals surface area contributed by atoms with Crippen LogP contribution in [0.2, 0.25) is 0 Å². The Balaban J connectivity index is 2.03. The predicted molar refractivity (Wildman–Crippen MR) is 25.9 cm³/mol. The van der Waals surface area contributed by atoms with Gasteiger partial charge in [-0.05, 0) is 6.42 Å². The topological polar surface area (TPSA) is 12.5 Å². The third kappa shape index (κ3) is 0.409. The molecular formula is C5H9NO. The van der Waals surface area contributed by atoms with E-state index in [9.17, 15) is 0 Å². The van der Waals surface area contributed by atoms with E-state index in [0.717, 1.165) is 6.61 Å². The van der Waals surface area contributed by atoms with Gasteiger partial charge in [0.25, 0.3) is 0 Å². The summed E-state index contributed by atoms with van der Waals surface area (Å²) in [6.45, 7) is 3.40. The van der Waals surface area contributed by atoms with E-state index in [2.05, 4.69) is 4.90 Å². The molecule has 2 aliphatic rings. The molecule has 7 heavy (non-hydrogen) atoms. The highest BCUT2D eigenvalue weighted by Gasteiger charge is 2.32. The van der Waals surface area contributed by atoms with Crippen molar-refractivity contribution in [1.29, 1.82) is 0 Å². The molecule has 0 aromatic carbocycles. The van der Waals surface area contributed by atoms with Crippen LogP contribution in [0.5, 0.6) is 0 Å². The molecule has 2 heteroatoms. The first kappa shape index (κ1) is 3.87. The zero-order chi connectivity index (χ0) is 4.69. The van der Waals surface area contributed by atoms with Gasteiger partial charge < -0.3 is 4.74 Å². The van der Waals surface area contributed by atoms with Gasteiger partial charge in [0.05, 0.1) is 6.61 Å². The first-order valence-corrected chi connectivity index (χ1v) is 2.82. The molecule has 0 aromatic rings. The highest BCUT2D eigenvalue weighted by atomic mass is 16.5. The number of fused-ring (bicyclic) bond motifs is 1. The highest BCUT2D eigenvalue weighted by molar-refractivity contribution is 4.79. The third-order valence-corrected chi connectivity index (χ3v) is 1.76. The fraction of sp³-hybridized carbons (Fsp3) is 1.00. The molecule has 0 spiro atoms. The van der Waals surface area contributed by atoms with Gasteiger partial charge in [0.1, 0.15) is 6.23 Å². The Hall–Kier alpha value is -0.0800. The summed E-state index contributed by atoms with van der Waals surface area (Å²) < 4.78 is 5.28. The molecule has 0 bridgehead atoms. The molecule has 0 saturated carbocycles. The van der Waals surface area contributed by atoms with Crippen molar-refractivity contribution >= 4 is 0 Å². The first-order chi connectivity index (χ1) is 3.47. The summed E-state index contributed by atoms with van der Waals surface area (Å²) in [4.78, 5) is 2.36. The number of rotatable bonds is 0. The van der Waals surface area contributed by atoms with Gasteiger partial charge in [-0.25, -0.2) is 0 Å². The number of hydrogen-bond donors (Lipinski definition) is 0. The molecule has 1 unspecified atom stereocenters. The second-order valence-corrected chi connectivity index (χ2v) is 2.15. The summed E-state index contributed by atoms with van der Waals surface area (Å²) in [7, 11) is 0. The Morgan fingerprint density at radius 2 is 2.43 bits per heavy atom. The molecule has 2 fully saturated rings. The second-order valence-electron chi connectivity index (χ2n) is 2.15. The van der Waals surface area contributed by atoms with Crippen molar-refractivity contribution in [2.24, 2.45) is 0 Å². The van der Waals surface area contributed by atoms with E-state index >= 15 is 0 Å². The second kappa shape index (κ2) is 1.20. The molecule has 2 saturated heterocycles. The monoisotopic (exact) mass is 99.1 g/mol. The van der Waals surface area contributed by atoms with E-state index in [1.807, 2.05) is 0 Å². The lowest BCUT2D eigenvalue weighted by Crippen LogP contribution is -2.42. The lowest BCUT2D eigenvalue weighted by molar-refractivity contribution is -0.0354. The van der Waals surface area contributed by atoms with E-state index in [-0.39, 0.29) is 0 Å². The average molecular weight is 99.1 g/mol. The average Bonchev–Trinajstić information content (AvgIpc) is 1.85. The molecule has 1 atom stereocenters. The number of ether oxygens (including phenoxy) is 1. The molecule has 0 N–H and O–H groups in total. The van der Waals surface area contributed by atoms with Crippen molar-refractivity contribution in [3.8, 4) is 0 Å². The standard InChI is InChI=1S/C5H9NO/c1-2-6-3-4-7-5(1)6/h5H,1-4H2. The van der Waals surface area contributed by atoms with Crippen LogP contribution in [-0.2, 0) is 4.74 Å². The predicted octanol–water partition coefficient (Wildman–Crippen LogP) is 0.0484. The van der Waals surface area contributed by atoms with Crippen LogP contribution in [0.1, 0.15) is 6.42 Å². The Morgan fingerprint density at radius 1 is 1.43 bits per heavy atom.